The summed E-state index contributed by atoms with van der Waals surface area (Å²) in [5, 5.41) is 5.84. The van der Waals surface area contributed by atoms with Crippen molar-refractivity contribution < 1.29 is 14.0 Å². The van der Waals surface area contributed by atoms with Gasteiger partial charge in [-0.2, -0.15) is 0 Å². The van der Waals surface area contributed by atoms with Gasteiger partial charge in [0.05, 0.1) is 17.5 Å². The summed E-state index contributed by atoms with van der Waals surface area (Å²) in [5.41, 5.74) is 0.732. The van der Waals surface area contributed by atoms with Crippen LogP contribution in [0.5, 0.6) is 0 Å². The average Bonchev–Trinajstić information content (AvgIpc) is 2.50. The smallest absolute Gasteiger partial charge is 0.237 e. The lowest BCUT2D eigenvalue weighted by Gasteiger charge is -2.35. The van der Waals surface area contributed by atoms with Crippen LogP contribution in [0.4, 0.5) is 4.39 Å². The molecule has 2 aliphatic rings. The number of halogens is 2. The molecular weight excluding hydrogens is 333 g/mol. The molecule has 0 unspecified atom stereocenters. The third-order valence-electron chi connectivity index (χ3n) is 4.66. The molecule has 0 radical (unpaired) electrons. The van der Waals surface area contributed by atoms with E-state index in [1.54, 1.807) is 6.07 Å². The number of amides is 2. The number of nitrogens with one attached hydrogen (secondary N) is 2. The molecule has 2 amide bonds. The molecule has 1 aliphatic heterocycles. The van der Waals surface area contributed by atoms with E-state index in [0.29, 0.717) is 19.6 Å². The molecule has 1 aliphatic carbocycles. The Morgan fingerprint density at radius 3 is 2.88 bits per heavy atom. The number of carbonyl (C=O) groups is 2. The summed E-state index contributed by atoms with van der Waals surface area (Å²) in [6.07, 6.45) is 3.29. The maximum absolute atomic E-state index is 13.6. The molecule has 1 atom stereocenters. The van der Waals surface area contributed by atoms with E-state index in [1.807, 2.05) is 4.90 Å². The Bertz CT molecular complexity index is 636. The number of piperazine rings is 1. The first kappa shape index (κ1) is 17.2. The molecule has 3 rings (SSSR count). The molecule has 0 aromatic heterocycles. The summed E-state index contributed by atoms with van der Waals surface area (Å²) in [4.78, 5) is 26.3. The predicted molar refractivity (Wildman–Crippen MR) is 89.0 cm³/mol. The molecule has 1 aromatic rings. The van der Waals surface area contributed by atoms with Gasteiger partial charge in [-0.05, 0) is 37.0 Å². The molecule has 7 heteroatoms. The van der Waals surface area contributed by atoms with Crippen LogP contribution >= 0.6 is 11.6 Å². The summed E-state index contributed by atoms with van der Waals surface area (Å²) >= 11 is 5.71. The third-order valence-corrected chi connectivity index (χ3v) is 4.97. The highest BCUT2D eigenvalue weighted by atomic mass is 35.5. The van der Waals surface area contributed by atoms with Crippen LogP contribution in [0, 0.1) is 5.82 Å². The number of benzene rings is 1. The van der Waals surface area contributed by atoms with Crippen molar-refractivity contribution in [1.29, 1.82) is 0 Å². The largest absolute Gasteiger partial charge is 0.353 e. The molecule has 130 valence electrons. The minimum atomic E-state index is -0.530. The SMILES string of the molecule is O=C(C[C@H]1C(=O)NCCN1Cc1ccc(Cl)c(F)c1)NC1CCC1. The molecule has 24 heavy (non-hydrogen) atoms. The lowest BCUT2D eigenvalue weighted by molar-refractivity contribution is -0.134. The van der Waals surface area contributed by atoms with E-state index in [9.17, 15) is 14.0 Å². The Labute approximate surface area is 145 Å². The van der Waals surface area contributed by atoms with E-state index in [-0.39, 0.29) is 29.3 Å². The molecule has 0 bridgehead atoms. The first-order chi connectivity index (χ1) is 11.5. The highest BCUT2D eigenvalue weighted by Crippen LogP contribution is 2.21. The zero-order valence-corrected chi connectivity index (χ0v) is 14.1. The highest BCUT2D eigenvalue weighted by Gasteiger charge is 2.32. The Morgan fingerprint density at radius 1 is 1.42 bits per heavy atom. The topological polar surface area (TPSA) is 61.4 Å². The average molecular weight is 354 g/mol. The lowest BCUT2D eigenvalue weighted by atomic mass is 9.93. The van der Waals surface area contributed by atoms with Gasteiger partial charge in [0.25, 0.3) is 0 Å². The first-order valence-electron chi connectivity index (χ1n) is 8.28. The minimum Gasteiger partial charge on any atom is -0.353 e. The van der Waals surface area contributed by atoms with E-state index in [0.717, 1.165) is 24.8 Å². The zero-order valence-electron chi connectivity index (χ0n) is 13.4. The van der Waals surface area contributed by atoms with Crippen LogP contribution in [0.25, 0.3) is 0 Å². The molecule has 0 spiro atoms. The number of carbonyl (C=O) groups excluding carboxylic acids is 2. The molecule has 1 heterocycles. The quantitative estimate of drug-likeness (QED) is 0.849. The van der Waals surface area contributed by atoms with Crippen LogP contribution in [0.3, 0.4) is 0 Å². The second-order valence-corrected chi connectivity index (χ2v) is 6.83. The minimum absolute atomic E-state index is 0.0755. The molecule has 1 saturated heterocycles. The van der Waals surface area contributed by atoms with Crippen LogP contribution in [-0.4, -0.2) is 41.9 Å². The van der Waals surface area contributed by atoms with E-state index < -0.39 is 11.9 Å². The molecule has 2 N–H and O–H groups in total. The van der Waals surface area contributed by atoms with Gasteiger partial charge in [0.15, 0.2) is 0 Å². The predicted octanol–water partition coefficient (Wildman–Crippen LogP) is 1.84. The van der Waals surface area contributed by atoms with Gasteiger partial charge >= 0.3 is 0 Å². The van der Waals surface area contributed by atoms with Crippen molar-refractivity contribution in [2.45, 2.75) is 44.3 Å². The fraction of sp³-hybridized carbons (Fsp3) is 0.529. The van der Waals surface area contributed by atoms with Crippen molar-refractivity contribution in [3.05, 3.63) is 34.6 Å². The van der Waals surface area contributed by atoms with Gasteiger partial charge in [-0.25, -0.2) is 4.39 Å². The summed E-state index contributed by atoms with van der Waals surface area (Å²) in [7, 11) is 0. The van der Waals surface area contributed by atoms with E-state index in [2.05, 4.69) is 10.6 Å². The molecule has 1 saturated carbocycles. The number of rotatable bonds is 5. The molecule has 2 fully saturated rings. The van der Waals surface area contributed by atoms with Crippen LogP contribution in [0.2, 0.25) is 5.02 Å². The highest BCUT2D eigenvalue weighted by molar-refractivity contribution is 6.30. The van der Waals surface area contributed by atoms with Crippen molar-refractivity contribution in [2.75, 3.05) is 13.1 Å². The second-order valence-electron chi connectivity index (χ2n) is 6.43. The van der Waals surface area contributed by atoms with Gasteiger partial charge in [0, 0.05) is 25.7 Å². The van der Waals surface area contributed by atoms with Gasteiger partial charge < -0.3 is 10.6 Å². The molecule has 5 nitrogen and oxygen atoms in total. The standard InChI is InChI=1S/C17H21ClFN3O2/c18-13-5-4-11(8-14(13)19)10-22-7-6-20-17(24)15(22)9-16(23)21-12-2-1-3-12/h4-5,8,12,15H,1-3,6-7,9-10H2,(H,20,24)(H,21,23)/t15-/m0/s1. The lowest BCUT2D eigenvalue weighted by Crippen LogP contribution is -2.56. The maximum atomic E-state index is 13.6. The molecule has 1 aromatic carbocycles. The normalized spacial score (nSPS) is 21.9. The van der Waals surface area contributed by atoms with Gasteiger partial charge in [-0.15, -0.1) is 0 Å². The maximum Gasteiger partial charge on any atom is 0.237 e. The van der Waals surface area contributed by atoms with Gasteiger partial charge in [-0.1, -0.05) is 17.7 Å². The van der Waals surface area contributed by atoms with Gasteiger partial charge in [-0.3, -0.25) is 14.5 Å². The number of hydrogen-bond acceptors (Lipinski definition) is 3. The second kappa shape index (κ2) is 7.49. The number of nitrogens with zero attached hydrogens (tertiary/aromatic N) is 1. The van der Waals surface area contributed by atoms with E-state index in [4.69, 9.17) is 11.6 Å². The van der Waals surface area contributed by atoms with Crippen LogP contribution in [0.15, 0.2) is 18.2 Å². The monoisotopic (exact) mass is 353 g/mol. The summed E-state index contributed by atoms with van der Waals surface area (Å²) < 4.78 is 13.6. The van der Waals surface area contributed by atoms with Gasteiger partial charge in [0.2, 0.25) is 11.8 Å². The summed E-state index contributed by atoms with van der Waals surface area (Å²) in [6.45, 7) is 1.55. The summed E-state index contributed by atoms with van der Waals surface area (Å²) in [6, 6.07) is 4.35. The van der Waals surface area contributed by atoms with E-state index >= 15 is 0 Å². The van der Waals surface area contributed by atoms with Crippen molar-refractivity contribution in [1.82, 2.24) is 15.5 Å². The fourth-order valence-electron chi connectivity index (χ4n) is 3.06. The van der Waals surface area contributed by atoms with Crippen molar-refractivity contribution in [3.63, 3.8) is 0 Å². The Balaban J connectivity index is 1.65. The van der Waals surface area contributed by atoms with Crippen LogP contribution in [-0.2, 0) is 16.1 Å². The van der Waals surface area contributed by atoms with Crippen molar-refractivity contribution in [2.24, 2.45) is 0 Å². The Hall–Kier alpha value is -1.66. The Kier molecular flexibility index (Phi) is 5.36. The van der Waals surface area contributed by atoms with E-state index in [1.165, 1.54) is 12.1 Å². The summed E-state index contributed by atoms with van der Waals surface area (Å²) in [5.74, 6) is -0.733. The van der Waals surface area contributed by atoms with Crippen LogP contribution < -0.4 is 10.6 Å². The first-order valence-corrected chi connectivity index (χ1v) is 8.66. The van der Waals surface area contributed by atoms with Gasteiger partial charge in [0.1, 0.15) is 5.82 Å². The van der Waals surface area contributed by atoms with Crippen LogP contribution in [0.1, 0.15) is 31.2 Å². The van der Waals surface area contributed by atoms with Crippen molar-refractivity contribution in [3.8, 4) is 0 Å². The zero-order chi connectivity index (χ0) is 17.1. The third kappa shape index (κ3) is 4.05. The Morgan fingerprint density at radius 2 is 2.21 bits per heavy atom. The van der Waals surface area contributed by atoms with Crippen molar-refractivity contribution >= 4 is 23.4 Å². The molecular formula is C17H21ClFN3O2. The number of hydrogen-bond donors (Lipinski definition) is 2. The fourth-order valence-corrected chi connectivity index (χ4v) is 3.18.